The van der Waals surface area contributed by atoms with Crippen molar-refractivity contribution in [2.24, 2.45) is 0 Å². The maximum absolute atomic E-state index is 6.72. The van der Waals surface area contributed by atoms with Crippen molar-refractivity contribution >= 4 is 11.6 Å². The summed E-state index contributed by atoms with van der Waals surface area (Å²) in [5.74, 6) is 0. The lowest BCUT2D eigenvalue weighted by atomic mass is 10.0. The third kappa shape index (κ3) is 5.00. The average Bonchev–Trinajstić information content (AvgIpc) is 2.97. The van der Waals surface area contributed by atoms with E-state index < -0.39 is 0 Å². The largest absolute Gasteiger partial charge is 0.302 e. The molecule has 0 fully saturated rings. The first-order valence-electron chi connectivity index (χ1n) is 8.72. The first-order valence-corrected chi connectivity index (χ1v) is 9.16. The molecule has 1 aromatic carbocycles. The monoisotopic (exact) mass is 307 g/mol. The molecule has 0 spiro atoms. The highest BCUT2D eigenvalue weighted by Gasteiger charge is 2.17. The molecule has 21 heavy (non-hydrogen) atoms. The highest BCUT2D eigenvalue weighted by atomic mass is 35.5. The number of aryl methyl sites for hydroxylation is 2. The SMILES string of the molecule is CCCCN(CCCC)CC(Cl)c1ccc2c(c1)CCC2. The molecule has 2 rings (SSSR count). The number of benzene rings is 1. The molecule has 2 heteroatoms. The normalized spacial score (nSPS) is 15.4. The number of alkyl halides is 1. The van der Waals surface area contributed by atoms with Gasteiger partial charge in [0.2, 0.25) is 0 Å². The summed E-state index contributed by atoms with van der Waals surface area (Å²) in [6.45, 7) is 7.88. The first kappa shape index (κ1) is 16.8. The minimum atomic E-state index is 0.129. The molecule has 1 aromatic rings. The van der Waals surface area contributed by atoms with Crippen LogP contribution in [0.25, 0.3) is 0 Å². The van der Waals surface area contributed by atoms with Gasteiger partial charge in [-0.05, 0) is 61.9 Å². The Morgan fingerprint density at radius 1 is 1.05 bits per heavy atom. The van der Waals surface area contributed by atoms with Gasteiger partial charge in [0.05, 0.1) is 5.38 Å². The van der Waals surface area contributed by atoms with Gasteiger partial charge in [-0.3, -0.25) is 0 Å². The molecule has 0 aromatic heterocycles. The molecule has 0 aliphatic heterocycles. The summed E-state index contributed by atoms with van der Waals surface area (Å²) in [5.41, 5.74) is 4.39. The van der Waals surface area contributed by atoms with Gasteiger partial charge in [-0.1, -0.05) is 44.9 Å². The predicted octanol–water partition coefficient (Wildman–Crippen LogP) is 5.36. The Balaban J connectivity index is 1.95. The van der Waals surface area contributed by atoms with Crippen LogP contribution >= 0.6 is 11.6 Å². The predicted molar refractivity (Wildman–Crippen MR) is 93.3 cm³/mol. The zero-order valence-corrected chi connectivity index (χ0v) is 14.5. The van der Waals surface area contributed by atoms with Gasteiger partial charge in [-0.15, -0.1) is 11.6 Å². The van der Waals surface area contributed by atoms with Crippen LogP contribution in [0.1, 0.15) is 68.0 Å². The van der Waals surface area contributed by atoms with Crippen molar-refractivity contribution in [3.8, 4) is 0 Å². The van der Waals surface area contributed by atoms with Crippen molar-refractivity contribution in [1.82, 2.24) is 4.90 Å². The molecule has 0 saturated carbocycles. The second-order valence-corrected chi connectivity index (χ2v) is 6.88. The lowest BCUT2D eigenvalue weighted by molar-refractivity contribution is 0.265. The fourth-order valence-corrected chi connectivity index (χ4v) is 3.51. The van der Waals surface area contributed by atoms with Gasteiger partial charge in [0.15, 0.2) is 0 Å². The van der Waals surface area contributed by atoms with Gasteiger partial charge >= 0.3 is 0 Å². The highest BCUT2D eigenvalue weighted by Crippen LogP contribution is 2.28. The van der Waals surface area contributed by atoms with Crippen LogP contribution in [-0.2, 0) is 12.8 Å². The number of rotatable bonds is 9. The van der Waals surface area contributed by atoms with E-state index >= 15 is 0 Å². The molecule has 118 valence electrons. The Bertz CT molecular complexity index is 422. The lowest BCUT2D eigenvalue weighted by Gasteiger charge is -2.25. The number of hydrogen-bond acceptors (Lipinski definition) is 1. The summed E-state index contributed by atoms with van der Waals surface area (Å²) in [6.07, 6.45) is 8.87. The summed E-state index contributed by atoms with van der Waals surface area (Å²) in [7, 11) is 0. The number of unbranched alkanes of at least 4 members (excludes halogenated alkanes) is 2. The van der Waals surface area contributed by atoms with E-state index in [1.165, 1.54) is 74.7 Å². The Kier molecular flexibility index (Phi) is 7.06. The second kappa shape index (κ2) is 8.80. The summed E-state index contributed by atoms with van der Waals surface area (Å²) >= 11 is 6.72. The van der Waals surface area contributed by atoms with E-state index in [4.69, 9.17) is 11.6 Å². The Labute approximate surface area is 135 Å². The van der Waals surface area contributed by atoms with Gasteiger partial charge in [0.25, 0.3) is 0 Å². The molecule has 0 heterocycles. The van der Waals surface area contributed by atoms with E-state index in [0.717, 1.165) is 6.54 Å². The molecule has 1 nitrogen and oxygen atoms in total. The molecule has 0 N–H and O–H groups in total. The van der Waals surface area contributed by atoms with E-state index in [1.54, 1.807) is 0 Å². The van der Waals surface area contributed by atoms with Gasteiger partial charge in [-0.25, -0.2) is 0 Å². The van der Waals surface area contributed by atoms with Crippen molar-refractivity contribution in [3.05, 3.63) is 34.9 Å². The van der Waals surface area contributed by atoms with E-state index in [1.807, 2.05) is 0 Å². The summed E-state index contributed by atoms with van der Waals surface area (Å²) in [6, 6.07) is 6.91. The zero-order valence-electron chi connectivity index (χ0n) is 13.7. The van der Waals surface area contributed by atoms with Gasteiger partial charge in [0.1, 0.15) is 0 Å². The van der Waals surface area contributed by atoms with Crippen LogP contribution in [-0.4, -0.2) is 24.5 Å². The van der Waals surface area contributed by atoms with Crippen molar-refractivity contribution in [2.45, 2.75) is 64.2 Å². The summed E-state index contributed by atoms with van der Waals surface area (Å²) < 4.78 is 0. The van der Waals surface area contributed by atoms with Gasteiger partial charge in [0, 0.05) is 6.54 Å². The van der Waals surface area contributed by atoms with Crippen LogP contribution in [0.15, 0.2) is 18.2 Å². The molecular formula is C19H30ClN. The molecule has 1 aliphatic rings. The topological polar surface area (TPSA) is 3.24 Å². The lowest BCUT2D eigenvalue weighted by Crippen LogP contribution is -2.29. The van der Waals surface area contributed by atoms with Crippen LogP contribution in [0, 0.1) is 0 Å². The molecule has 1 unspecified atom stereocenters. The number of halogens is 1. The highest BCUT2D eigenvalue weighted by molar-refractivity contribution is 6.21. The van der Waals surface area contributed by atoms with E-state index in [2.05, 4.69) is 36.9 Å². The molecule has 1 aliphatic carbocycles. The van der Waals surface area contributed by atoms with Crippen LogP contribution in [0.4, 0.5) is 0 Å². The van der Waals surface area contributed by atoms with E-state index in [0.29, 0.717) is 0 Å². The zero-order chi connectivity index (χ0) is 15.1. The molecular weight excluding hydrogens is 278 g/mol. The minimum Gasteiger partial charge on any atom is -0.302 e. The second-order valence-electron chi connectivity index (χ2n) is 6.36. The van der Waals surface area contributed by atoms with Gasteiger partial charge < -0.3 is 4.90 Å². The van der Waals surface area contributed by atoms with Crippen molar-refractivity contribution in [3.63, 3.8) is 0 Å². The Hall–Kier alpha value is -0.530. The fourth-order valence-electron chi connectivity index (χ4n) is 3.18. The van der Waals surface area contributed by atoms with Crippen molar-refractivity contribution in [1.29, 1.82) is 0 Å². The Morgan fingerprint density at radius 2 is 1.71 bits per heavy atom. The molecule has 1 atom stereocenters. The quantitative estimate of drug-likeness (QED) is 0.555. The summed E-state index contributed by atoms with van der Waals surface area (Å²) in [5, 5.41) is 0.129. The van der Waals surface area contributed by atoms with Crippen LogP contribution in [0.3, 0.4) is 0 Å². The third-order valence-electron chi connectivity index (χ3n) is 4.56. The van der Waals surface area contributed by atoms with Crippen LogP contribution in [0.2, 0.25) is 0 Å². The number of hydrogen-bond donors (Lipinski definition) is 0. The molecule has 0 bridgehead atoms. The first-order chi connectivity index (χ1) is 10.2. The van der Waals surface area contributed by atoms with E-state index in [-0.39, 0.29) is 5.38 Å². The average molecular weight is 308 g/mol. The smallest absolute Gasteiger partial charge is 0.0712 e. The molecule has 0 radical (unpaired) electrons. The van der Waals surface area contributed by atoms with Crippen molar-refractivity contribution in [2.75, 3.05) is 19.6 Å². The summed E-state index contributed by atoms with van der Waals surface area (Å²) in [4.78, 5) is 2.55. The number of nitrogens with zero attached hydrogens (tertiary/aromatic N) is 1. The maximum atomic E-state index is 6.72. The van der Waals surface area contributed by atoms with Crippen LogP contribution in [0.5, 0.6) is 0 Å². The maximum Gasteiger partial charge on any atom is 0.0712 e. The van der Waals surface area contributed by atoms with Crippen LogP contribution < -0.4 is 0 Å². The van der Waals surface area contributed by atoms with E-state index in [9.17, 15) is 0 Å². The molecule has 0 saturated heterocycles. The standard InChI is InChI=1S/C19H30ClN/c1-3-5-12-21(13-6-4-2)15-19(20)18-11-10-16-8-7-9-17(16)14-18/h10-11,14,19H,3-9,12-13,15H2,1-2H3. The third-order valence-corrected chi connectivity index (χ3v) is 4.95. The van der Waals surface area contributed by atoms with Gasteiger partial charge in [-0.2, -0.15) is 0 Å². The van der Waals surface area contributed by atoms with Crippen molar-refractivity contribution < 1.29 is 0 Å². The fraction of sp³-hybridized carbons (Fsp3) is 0.684. The number of fused-ring (bicyclic) bond motifs is 1. The molecule has 0 amide bonds. The minimum absolute atomic E-state index is 0.129. The Morgan fingerprint density at radius 3 is 2.38 bits per heavy atom.